The van der Waals surface area contributed by atoms with Crippen molar-refractivity contribution >= 4 is 23.4 Å². The molecule has 2 aromatic rings. The van der Waals surface area contributed by atoms with Crippen LogP contribution >= 0.6 is 0 Å². The summed E-state index contributed by atoms with van der Waals surface area (Å²) >= 11 is 0. The number of nitrogens with one attached hydrogen (secondary N) is 1. The number of hydrogen-bond acceptors (Lipinski definition) is 4. The number of anilines is 1. The number of amides is 3. The summed E-state index contributed by atoms with van der Waals surface area (Å²) in [5, 5.41) is 2.90. The first kappa shape index (κ1) is 22.0. The molecule has 0 radical (unpaired) electrons. The van der Waals surface area contributed by atoms with Crippen LogP contribution in [0.5, 0.6) is 0 Å². The molecule has 2 aliphatic rings. The van der Waals surface area contributed by atoms with Gasteiger partial charge in [-0.15, -0.1) is 0 Å². The van der Waals surface area contributed by atoms with Crippen molar-refractivity contribution in [3.8, 4) is 0 Å². The highest BCUT2D eigenvalue weighted by Gasteiger charge is 2.28. The Morgan fingerprint density at radius 1 is 0.969 bits per heavy atom. The van der Waals surface area contributed by atoms with Gasteiger partial charge in [-0.1, -0.05) is 25.0 Å². The van der Waals surface area contributed by atoms with Crippen LogP contribution in [0.4, 0.5) is 5.69 Å². The second kappa shape index (κ2) is 9.94. The third kappa shape index (κ3) is 4.98. The summed E-state index contributed by atoms with van der Waals surface area (Å²) < 4.78 is 0. The Balaban J connectivity index is 1.41. The van der Waals surface area contributed by atoms with Crippen molar-refractivity contribution in [2.45, 2.75) is 39.0 Å². The fourth-order valence-corrected chi connectivity index (χ4v) is 4.62. The molecule has 2 fully saturated rings. The van der Waals surface area contributed by atoms with Crippen molar-refractivity contribution in [1.82, 2.24) is 14.8 Å². The minimum Gasteiger partial charge on any atom is -0.339 e. The van der Waals surface area contributed by atoms with Gasteiger partial charge in [-0.3, -0.25) is 19.4 Å². The number of piperazine rings is 1. The lowest BCUT2D eigenvalue weighted by Gasteiger charge is -2.35. The maximum Gasteiger partial charge on any atom is 0.256 e. The van der Waals surface area contributed by atoms with Crippen LogP contribution in [0.3, 0.4) is 0 Å². The predicted molar refractivity (Wildman–Crippen MR) is 122 cm³/mol. The third-order valence-electron chi connectivity index (χ3n) is 6.54. The van der Waals surface area contributed by atoms with E-state index in [0.29, 0.717) is 55.3 Å². The van der Waals surface area contributed by atoms with Gasteiger partial charge in [0.1, 0.15) is 0 Å². The summed E-state index contributed by atoms with van der Waals surface area (Å²) in [6.45, 7) is 3.99. The Labute approximate surface area is 188 Å². The SMILES string of the molecule is Cc1cccc(C(=O)N2CCN(C(=O)CC3CCCC3)CC2)c1NC(=O)c1ccncc1. The first-order chi connectivity index (χ1) is 15.5. The van der Waals surface area contributed by atoms with Crippen molar-refractivity contribution in [3.05, 3.63) is 59.4 Å². The molecule has 32 heavy (non-hydrogen) atoms. The van der Waals surface area contributed by atoms with E-state index in [2.05, 4.69) is 10.3 Å². The number of nitrogens with zero attached hydrogens (tertiary/aromatic N) is 3. The molecule has 1 aromatic heterocycles. The smallest absolute Gasteiger partial charge is 0.256 e. The lowest BCUT2D eigenvalue weighted by molar-refractivity contribution is -0.133. The van der Waals surface area contributed by atoms with E-state index >= 15 is 0 Å². The van der Waals surface area contributed by atoms with Crippen LogP contribution in [-0.2, 0) is 4.79 Å². The first-order valence-corrected chi connectivity index (χ1v) is 11.4. The fraction of sp³-hybridized carbons (Fsp3) is 0.440. The minimum absolute atomic E-state index is 0.123. The Kier molecular flexibility index (Phi) is 6.83. The second-order valence-corrected chi connectivity index (χ2v) is 8.72. The van der Waals surface area contributed by atoms with Crippen LogP contribution in [-0.4, -0.2) is 58.7 Å². The number of aromatic nitrogens is 1. The van der Waals surface area contributed by atoms with Gasteiger partial charge >= 0.3 is 0 Å². The number of para-hydroxylation sites is 1. The third-order valence-corrected chi connectivity index (χ3v) is 6.54. The molecule has 1 aromatic carbocycles. The molecular weight excluding hydrogens is 404 g/mol. The van der Waals surface area contributed by atoms with Crippen molar-refractivity contribution in [2.75, 3.05) is 31.5 Å². The predicted octanol–water partition coefficient (Wildman–Crippen LogP) is 3.51. The van der Waals surface area contributed by atoms with E-state index in [1.165, 1.54) is 12.8 Å². The van der Waals surface area contributed by atoms with Gasteiger partial charge in [0.25, 0.3) is 11.8 Å². The Bertz CT molecular complexity index is 978. The number of hydrogen-bond donors (Lipinski definition) is 1. The van der Waals surface area contributed by atoms with Crippen molar-refractivity contribution in [2.24, 2.45) is 5.92 Å². The molecule has 4 rings (SSSR count). The highest BCUT2D eigenvalue weighted by Crippen LogP contribution is 2.28. The summed E-state index contributed by atoms with van der Waals surface area (Å²) in [6, 6.07) is 8.72. The van der Waals surface area contributed by atoms with Gasteiger partial charge in [-0.2, -0.15) is 0 Å². The Morgan fingerprint density at radius 2 is 1.62 bits per heavy atom. The molecule has 2 heterocycles. The molecule has 1 N–H and O–H groups in total. The number of benzene rings is 1. The van der Waals surface area contributed by atoms with E-state index < -0.39 is 0 Å². The largest absolute Gasteiger partial charge is 0.339 e. The van der Waals surface area contributed by atoms with E-state index in [1.807, 2.05) is 24.0 Å². The molecule has 168 valence electrons. The van der Waals surface area contributed by atoms with Crippen LogP contribution in [0.1, 0.15) is 58.4 Å². The lowest BCUT2D eigenvalue weighted by atomic mass is 10.0. The van der Waals surface area contributed by atoms with Crippen molar-refractivity contribution in [1.29, 1.82) is 0 Å². The average molecular weight is 435 g/mol. The molecule has 7 heteroatoms. The number of aryl methyl sites for hydroxylation is 1. The van der Waals surface area contributed by atoms with Gasteiger partial charge in [0.2, 0.25) is 5.91 Å². The van der Waals surface area contributed by atoms with Gasteiger partial charge in [0.05, 0.1) is 11.3 Å². The zero-order chi connectivity index (χ0) is 22.5. The standard InChI is InChI=1S/C25H30N4O3/c1-18-5-4-8-21(23(18)27-24(31)20-9-11-26-12-10-20)25(32)29-15-13-28(14-16-29)22(30)17-19-6-2-3-7-19/h4-5,8-12,19H,2-3,6-7,13-17H2,1H3,(H,27,31). The summed E-state index contributed by atoms with van der Waals surface area (Å²) in [4.78, 5) is 46.2. The number of rotatable bonds is 5. The van der Waals surface area contributed by atoms with E-state index in [4.69, 9.17) is 0 Å². The van der Waals surface area contributed by atoms with Crippen LogP contribution < -0.4 is 5.32 Å². The zero-order valence-electron chi connectivity index (χ0n) is 18.5. The molecular formula is C25H30N4O3. The monoisotopic (exact) mass is 434 g/mol. The van der Waals surface area contributed by atoms with Crippen LogP contribution in [0.25, 0.3) is 0 Å². The maximum absolute atomic E-state index is 13.3. The van der Waals surface area contributed by atoms with Gasteiger partial charge in [0, 0.05) is 50.6 Å². The summed E-state index contributed by atoms with van der Waals surface area (Å²) in [6.07, 6.45) is 8.54. The molecule has 1 aliphatic carbocycles. The van der Waals surface area contributed by atoms with Crippen molar-refractivity contribution in [3.63, 3.8) is 0 Å². The van der Waals surface area contributed by atoms with Gasteiger partial charge in [0.15, 0.2) is 0 Å². The maximum atomic E-state index is 13.3. The highest BCUT2D eigenvalue weighted by atomic mass is 16.2. The number of pyridine rings is 1. The highest BCUT2D eigenvalue weighted by molar-refractivity contribution is 6.09. The zero-order valence-corrected chi connectivity index (χ0v) is 18.5. The van der Waals surface area contributed by atoms with Gasteiger partial charge < -0.3 is 15.1 Å². The number of carbonyl (C=O) groups is 3. The molecule has 0 bridgehead atoms. The van der Waals surface area contributed by atoms with Crippen LogP contribution in [0.2, 0.25) is 0 Å². The topological polar surface area (TPSA) is 82.6 Å². The molecule has 1 saturated heterocycles. The second-order valence-electron chi connectivity index (χ2n) is 8.72. The molecule has 0 unspecified atom stereocenters. The lowest BCUT2D eigenvalue weighted by Crippen LogP contribution is -2.51. The summed E-state index contributed by atoms with van der Waals surface area (Å²) in [5.74, 6) is 0.338. The van der Waals surface area contributed by atoms with E-state index in [-0.39, 0.29) is 17.7 Å². The van der Waals surface area contributed by atoms with Crippen LogP contribution in [0.15, 0.2) is 42.7 Å². The minimum atomic E-state index is -0.280. The quantitative estimate of drug-likeness (QED) is 0.781. The molecule has 1 saturated carbocycles. The normalized spacial score (nSPS) is 16.8. The average Bonchev–Trinajstić information content (AvgIpc) is 3.33. The van der Waals surface area contributed by atoms with E-state index in [1.54, 1.807) is 35.5 Å². The Morgan fingerprint density at radius 3 is 2.31 bits per heavy atom. The van der Waals surface area contributed by atoms with Gasteiger partial charge in [-0.05, 0) is 49.4 Å². The van der Waals surface area contributed by atoms with Crippen molar-refractivity contribution < 1.29 is 14.4 Å². The summed E-state index contributed by atoms with van der Waals surface area (Å²) in [5.41, 5.74) is 2.30. The Hall–Kier alpha value is -3.22. The molecule has 0 atom stereocenters. The van der Waals surface area contributed by atoms with Crippen LogP contribution in [0, 0.1) is 12.8 Å². The fourth-order valence-electron chi connectivity index (χ4n) is 4.62. The van der Waals surface area contributed by atoms with Gasteiger partial charge in [-0.25, -0.2) is 0 Å². The molecule has 7 nitrogen and oxygen atoms in total. The number of carbonyl (C=O) groups excluding carboxylic acids is 3. The molecule has 0 spiro atoms. The van der Waals surface area contributed by atoms with E-state index in [0.717, 1.165) is 18.4 Å². The first-order valence-electron chi connectivity index (χ1n) is 11.4. The molecule has 3 amide bonds. The van der Waals surface area contributed by atoms with E-state index in [9.17, 15) is 14.4 Å². The molecule has 1 aliphatic heterocycles. The summed E-state index contributed by atoms with van der Waals surface area (Å²) in [7, 11) is 0.